The smallest absolute Gasteiger partial charge is 0.0378 e. The lowest BCUT2D eigenvalue weighted by molar-refractivity contribution is 0.291. The maximum absolute atomic E-state index is 3.50. The van der Waals surface area contributed by atoms with E-state index in [4.69, 9.17) is 0 Å². The van der Waals surface area contributed by atoms with Gasteiger partial charge in [-0.05, 0) is 32.3 Å². The van der Waals surface area contributed by atoms with Crippen molar-refractivity contribution in [2.75, 3.05) is 71.4 Å². The largest absolute Gasteiger partial charge is 0.369 e. The molecule has 2 aliphatic heterocycles. The Bertz CT molecular complexity index is 412. The summed E-state index contributed by atoms with van der Waals surface area (Å²) in [5, 5.41) is 3.27. The summed E-state index contributed by atoms with van der Waals surface area (Å²) in [4.78, 5) is 7.13. The number of hydrogen-bond donors (Lipinski definition) is 1. The molecule has 1 N–H and O–H groups in total. The first-order valence-electron chi connectivity index (χ1n) is 7.73. The lowest BCUT2D eigenvalue weighted by atomic mass is 10.2. The minimum absolute atomic E-state index is 1.13. The van der Waals surface area contributed by atoms with Crippen molar-refractivity contribution in [2.24, 2.45) is 0 Å². The molecule has 2 saturated heterocycles. The third-order valence-corrected chi connectivity index (χ3v) is 4.51. The Kier molecular flexibility index (Phi) is 6.96. The van der Waals surface area contributed by atoms with Crippen LogP contribution in [-0.2, 0) is 0 Å². The number of nitrogens with zero attached hydrogens (tertiary/aromatic N) is 3. The standard InChI is InChI=1S/C11H15BrN2.C5H12N2/c1-13-5-7-14(8-6-13)11-4-2-3-10(12)9-11;1-7-4-2-6-3-5-7/h2-4,9H,5-8H2,1H3;6H,2-5H2,1H3. The molecular weight excluding hydrogens is 328 g/mol. The molecule has 2 fully saturated rings. The van der Waals surface area contributed by atoms with Gasteiger partial charge in [0.2, 0.25) is 0 Å². The second-order valence-electron chi connectivity index (χ2n) is 5.82. The molecule has 0 saturated carbocycles. The molecule has 0 unspecified atom stereocenters. The molecule has 2 heterocycles. The van der Waals surface area contributed by atoms with Crippen LogP contribution in [0, 0.1) is 0 Å². The van der Waals surface area contributed by atoms with E-state index in [1.165, 1.54) is 18.8 Å². The predicted molar refractivity (Wildman–Crippen MR) is 94.2 cm³/mol. The van der Waals surface area contributed by atoms with Crippen LogP contribution in [0.15, 0.2) is 28.7 Å². The van der Waals surface area contributed by atoms with Gasteiger partial charge in [0.25, 0.3) is 0 Å². The van der Waals surface area contributed by atoms with Gasteiger partial charge >= 0.3 is 0 Å². The number of rotatable bonds is 1. The summed E-state index contributed by atoms with van der Waals surface area (Å²) in [6.07, 6.45) is 0. The van der Waals surface area contributed by atoms with E-state index in [1.807, 2.05) is 0 Å². The van der Waals surface area contributed by atoms with Crippen LogP contribution in [0.3, 0.4) is 0 Å². The van der Waals surface area contributed by atoms with Crippen molar-refractivity contribution in [3.8, 4) is 0 Å². The highest BCUT2D eigenvalue weighted by atomic mass is 79.9. The van der Waals surface area contributed by atoms with E-state index >= 15 is 0 Å². The lowest BCUT2D eigenvalue weighted by Crippen LogP contribution is -2.44. The van der Waals surface area contributed by atoms with Crippen LogP contribution >= 0.6 is 15.9 Å². The first-order chi connectivity index (χ1) is 10.1. The van der Waals surface area contributed by atoms with Gasteiger partial charge in [0.1, 0.15) is 0 Å². The number of hydrogen-bond acceptors (Lipinski definition) is 4. The Balaban J connectivity index is 0.000000194. The fraction of sp³-hybridized carbons (Fsp3) is 0.625. The quantitative estimate of drug-likeness (QED) is 0.828. The minimum atomic E-state index is 1.13. The van der Waals surface area contributed by atoms with Crippen molar-refractivity contribution < 1.29 is 0 Å². The molecule has 0 aliphatic carbocycles. The maximum atomic E-state index is 3.50. The molecule has 0 spiro atoms. The van der Waals surface area contributed by atoms with Gasteiger partial charge < -0.3 is 20.0 Å². The maximum Gasteiger partial charge on any atom is 0.0378 e. The first-order valence-corrected chi connectivity index (χ1v) is 8.53. The highest BCUT2D eigenvalue weighted by molar-refractivity contribution is 9.10. The molecule has 0 atom stereocenters. The number of benzene rings is 1. The molecular formula is C16H27BrN4. The lowest BCUT2D eigenvalue weighted by Gasteiger charge is -2.34. The third kappa shape index (κ3) is 5.94. The van der Waals surface area contributed by atoms with Crippen molar-refractivity contribution in [1.29, 1.82) is 0 Å². The van der Waals surface area contributed by atoms with E-state index in [-0.39, 0.29) is 0 Å². The summed E-state index contributed by atoms with van der Waals surface area (Å²) >= 11 is 3.50. The summed E-state index contributed by atoms with van der Waals surface area (Å²) in [5.41, 5.74) is 1.33. The number of piperazine rings is 2. The van der Waals surface area contributed by atoms with Crippen molar-refractivity contribution >= 4 is 21.6 Å². The van der Waals surface area contributed by atoms with Gasteiger partial charge in [-0.3, -0.25) is 0 Å². The molecule has 0 aromatic heterocycles. The van der Waals surface area contributed by atoms with Gasteiger partial charge in [0.15, 0.2) is 0 Å². The summed E-state index contributed by atoms with van der Waals surface area (Å²) in [6, 6.07) is 8.53. The van der Waals surface area contributed by atoms with E-state index in [9.17, 15) is 0 Å². The van der Waals surface area contributed by atoms with Gasteiger partial charge in [-0.15, -0.1) is 0 Å². The Labute approximate surface area is 137 Å². The molecule has 5 heteroatoms. The predicted octanol–water partition coefficient (Wildman–Crippen LogP) is 1.72. The summed E-state index contributed by atoms with van der Waals surface area (Å²) in [6.45, 7) is 9.33. The van der Waals surface area contributed by atoms with Gasteiger partial charge in [-0.1, -0.05) is 22.0 Å². The molecule has 0 bridgehead atoms. The second kappa shape index (κ2) is 8.73. The summed E-state index contributed by atoms with van der Waals surface area (Å²) in [7, 11) is 4.33. The average molecular weight is 355 g/mol. The van der Waals surface area contributed by atoms with Crippen LogP contribution < -0.4 is 10.2 Å². The molecule has 21 heavy (non-hydrogen) atoms. The minimum Gasteiger partial charge on any atom is -0.369 e. The Morgan fingerprint density at radius 1 is 0.905 bits per heavy atom. The normalized spacial score (nSPS) is 20.8. The van der Waals surface area contributed by atoms with Gasteiger partial charge in [0.05, 0.1) is 0 Å². The molecule has 118 valence electrons. The number of halogens is 1. The summed E-state index contributed by atoms with van der Waals surface area (Å²) < 4.78 is 1.16. The monoisotopic (exact) mass is 354 g/mol. The molecule has 0 radical (unpaired) electrons. The zero-order chi connectivity index (χ0) is 15.1. The fourth-order valence-corrected chi connectivity index (χ4v) is 2.90. The zero-order valence-corrected chi connectivity index (χ0v) is 14.8. The van der Waals surface area contributed by atoms with Gasteiger partial charge in [0, 0.05) is 62.5 Å². The topological polar surface area (TPSA) is 21.8 Å². The molecule has 4 nitrogen and oxygen atoms in total. The Morgan fingerprint density at radius 2 is 1.52 bits per heavy atom. The van der Waals surface area contributed by atoms with E-state index in [2.05, 4.69) is 74.3 Å². The Hall–Kier alpha value is -0.620. The van der Waals surface area contributed by atoms with Crippen molar-refractivity contribution in [3.63, 3.8) is 0 Å². The van der Waals surface area contributed by atoms with Crippen molar-refractivity contribution in [1.82, 2.24) is 15.1 Å². The van der Waals surface area contributed by atoms with Crippen molar-refractivity contribution in [2.45, 2.75) is 0 Å². The van der Waals surface area contributed by atoms with E-state index in [1.54, 1.807) is 0 Å². The fourth-order valence-electron chi connectivity index (χ4n) is 2.51. The zero-order valence-electron chi connectivity index (χ0n) is 13.2. The van der Waals surface area contributed by atoms with E-state index in [0.29, 0.717) is 0 Å². The van der Waals surface area contributed by atoms with Crippen LogP contribution in [0.2, 0.25) is 0 Å². The van der Waals surface area contributed by atoms with Crippen LogP contribution in [0.4, 0.5) is 5.69 Å². The third-order valence-electron chi connectivity index (χ3n) is 4.02. The number of nitrogens with one attached hydrogen (secondary N) is 1. The van der Waals surface area contributed by atoms with Gasteiger partial charge in [-0.25, -0.2) is 0 Å². The van der Waals surface area contributed by atoms with Crippen molar-refractivity contribution in [3.05, 3.63) is 28.7 Å². The molecule has 0 amide bonds. The average Bonchev–Trinajstić information content (AvgIpc) is 2.49. The second-order valence-corrected chi connectivity index (χ2v) is 6.74. The highest BCUT2D eigenvalue weighted by Gasteiger charge is 2.13. The highest BCUT2D eigenvalue weighted by Crippen LogP contribution is 2.20. The molecule has 1 aromatic carbocycles. The van der Waals surface area contributed by atoms with Crippen LogP contribution in [-0.4, -0.2) is 76.3 Å². The number of likely N-dealkylation sites (N-methyl/N-ethyl adjacent to an activating group) is 2. The SMILES string of the molecule is CN1CCN(c2cccc(Br)c2)CC1.CN1CCNCC1. The molecule has 2 aliphatic rings. The molecule has 3 rings (SSSR count). The van der Waals surface area contributed by atoms with E-state index < -0.39 is 0 Å². The summed E-state index contributed by atoms with van der Waals surface area (Å²) in [5.74, 6) is 0. The van der Waals surface area contributed by atoms with Crippen LogP contribution in [0.5, 0.6) is 0 Å². The van der Waals surface area contributed by atoms with Crippen LogP contribution in [0.1, 0.15) is 0 Å². The van der Waals surface area contributed by atoms with Gasteiger partial charge in [-0.2, -0.15) is 0 Å². The first kappa shape index (κ1) is 16.7. The molecule has 1 aromatic rings. The van der Waals surface area contributed by atoms with Crippen LogP contribution in [0.25, 0.3) is 0 Å². The number of anilines is 1. The van der Waals surface area contributed by atoms with E-state index in [0.717, 1.165) is 43.7 Å². The Morgan fingerprint density at radius 3 is 2.05 bits per heavy atom.